The fraction of sp³-hybridized carbons (Fsp3) is 0. The van der Waals surface area contributed by atoms with Gasteiger partial charge in [0, 0.05) is 26.6 Å². The van der Waals surface area contributed by atoms with Crippen LogP contribution in [-0.2, 0) is 0 Å². The molecule has 9 rings (SSSR count). The molecule has 9 aromatic rings. The molecule has 0 aliphatic rings. The van der Waals surface area contributed by atoms with Gasteiger partial charge in [0.25, 0.3) is 0 Å². The standard InChI is InChI=1S/C42H27N3S/c1-2-12-28(13-3-1)29-22-24-30(25-23-29)35-27-36(41-26-31-14-4-11-21-40(31)46-41)44-42(43-35)34-17-7-10-20-39(34)45-37-18-8-5-15-32(37)33-16-6-9-19-38(33)45/h1-27H. The highest BCUT2D eigenvalue weighted by molar-refractivity contribution is 7.22. The van der Waals surface area contributed by atoms with Crippen molar-refractivity contribution in [2.75, 3.05) is 0 Å². The van der Waals surface area contributed by atoms with E-state index >= 15 is 0 Å². The number of fused-ring (bicyclic) bond motifs is 4. The highest BCUT2D eigenvalue weighted by Crippen LogP contribution is 2.38. The summed E-state index contributed by atoms with van der Waals surface area (Å²) in [5.74, 6) is 0.703. The number of aromatic nitrogens is 3. The molecule has 0 aliphatic heterocycles. The molecule has 3 heterocycles. The Balaban J connectivity index is 1.26. The second-order valence-corrected chi connectivity index (χ2v) is 12.5. The van der Waals surface area contributed by atoms with E-state index in [1.165, 1.54) is 32.0 Å². The second kappa shape index (κ2) is 11.0. The number of hydrogen-bond donors (Lipinski definition) is 0. The van der Waals surface area contributed by atoms with Gasteiger partial charge in [-0.3, -0.25) is 0 Å². The monoisotopic (exact) mass is 605 g/mol. The molecule has 0 saturated carbocycles. The molecule has 0 aliphatic carbocycles. The Morgan fingerprint density at radius 2 is 1.04 bits per heavy atom. The van der Waals surface area contributed by atoms with Crippen molar-refractivity contribution in [2.24, 2.45) is 0 Å². The molecule has 3 nitrogen and oxygen atoms in total. The molecule has 4 heteroatoms. The van der Waals surface area contributed by atoms with E-state index in [0.29, 0.717) is 5.82 Å². The van der Waals surface area contributed by atoms with Gasteiger partial charge >= 0.3 is 0 Å². The third-order valence-corrected chi connectivity index (χ3v) is 9.80. The molecule has 0 radical (unpaired) electrons. The summed E-state index contributed by atoms with van der Waals surface area (Å²) in [7, 11) is 0. The maximum absolute atomic E-state index is 5.28. The number of benzene rings is 6. The molecule has 6 aromatic carbocycles. The largest absolute Gasteiger partial charge is 0.309 e. The second-order valence-electron chi connectivity index (χ2n) is 11.4. The van der Waals surface area contributed by atoms with Crippen LogP contribution in [0, 0.1) is 0 Å². The normalized spacial score (nSPS) is 11.5. The van der Waals surface area contributed by atoms with E-state index in [2.05, 4.69) is 162 Å². The van der Waals surface area contributed by atoms with Crippen molar-refractivity contribution >= 4 is 43.2 Å². The summed E-state index contributed by atoms with van der Waals surface area (Å²) in [4.78, 5) is 11.7. The van der Waals surface area contributed by atoms with Crippen molar-refractivity contribution in [1.29, 1.82) is 0 Å². The summed E-state index contributed by atoms with van der Waals surface area (Å²) in [6.07, 6.45) is 0. The van der Waals surface area contributed by atoms with Gasteiger partial charge < -0.3 is 4.57 Å². The lowest BCUT2D eigenvalue weighted by Gasteiger charge is -2.14. The van der Waals surface area contributed by atoms with Crippen LogP contribution in [0.2, 0.25) is 0 Å². The fourth-order valence-electron chi connectivity index (χ4n) is 6.45. The van der Waals surface area contributed by atoms with E-state index in [1.807, 2.05) is 6.07 Å². The van der Waals surface area contributed by atoms with Gasteiger partial charge in [-0.05, 0) is 59.0 Å². The lowest BCUT2D eigenvalue weighted by atomic mass is 10.0. The summed E-state index contributed by atoms with van der Waals surface area (Å²) >= 11 is 1.77. The van der Waals surface area contributed by atoms with Crippen LogP contribution in [0.4, 0.5) is 0 Å². The number of thiophene rings is 1. The van der Waals surface area contributed by atoms with Gasteiger partial charge in [0.2, 0.25) is 0 Å². The summed E-state index contributed by atoms with van der Waals surface area (Å²) in [5, 5.41) is 3.68. The Labute approximate surface area is 270 Å². The first-order valence-electron chi connectivity index (χ1n) is 15.4. The Hall–Kier alpha value is -5.84. The minimum Gasteiger partial charge on any atom is -0.309 e. The van der Waals surface area contributed by atoms with Crippen LogP contribution in [-0.4, -0.2) is 14.5 Å². The lowest BCUT2D eigenvalue weighted by Crippen LogP contribution is -2.01. The van der Waals surface area contributed by atoms with Crippen LogP contribution in [0.5, 0.6) is 0 Å². The molecular weight excluding hydrogens is 579 g/mol. The molecule has 0 fully saturated rings. The van der Waals surface area contributed by atoms with Crippen LogP contribution >= 0.6 is 11.3 Å². The highest BCUT2D eigenvalue weighted by atomic mass is 32.1. The summed E-state index contributed by atoms with van der Waals surface area (Å²) in [6.45, 7) is 0. The SMILES string of the molecule is c1ccc(-c2ccc(-c3cc(-c4cc5ccccc5s4)nc(-c4ccccc4-n4c5ccccc5c5ccccc54)n3)cc2)cc1. The fourth-order valence-corrected chi connectivity index (χ4v) is 7.48. The highest BCUT2D eigenvalue weighted by Gasteiger charge is 2.19. The third kappa shape index (κ3) is 4.50. The van der Waals surface area contributed by atoms with Crippen molar-refractivity contribution in [3.63, 3.8) is 0 Å². The van der Waals surface area contributed by atoms with Gasteiger partial charge in [-0.25, -0.2) is 9.97 Å². The summed E-state index contributed by atoms with van der Waals surface area (Å²) in [6, 6.07) is 57.8. The van der Waals surface area contributed by atoms with Crippen LogP contribution < -0.4 is 0 Å². The van der Waals surface area contributed by atoms with Crippen LogP contribution in [0.25, 0.3) is 81.9 Å². The van der Waals surface area contributed by atoms with Crippen molar-refractivity contribution < 1.29 is 0 Å². The number of para-hydroxylation sites is 3. The van der Waals surface area contributed by atoms with Gasteiger partial charge in [0.1, 0.15) is 0 Å². The third-order valence-electron chi connectivity index (χ3n) is 8.66. The van der Waals surface area contributed by atoms with Gasteiger partial charge in [-0.2, -0.15) is 0 Å². The van der Waals surface area contributed by atoms with Crippen molar-refractivity contribution in [3.8, 4) is 50.0 Å². The van der Waals surface area contributed by atoms with Crippen molar-refractivity contribution in [2.45, 2.75) is 0 Å². The van der Waals surface area contributed by atoms with Gasteiger partial charge in [-0.15, -0.1) is 11.3 Å². The lowest BCUT2D eigenvalue weighted by molar-refractivity contribution is 1.14. The molecule has 0 bridgehead atoms. The molecule has 46 heavy (non-hydrogen) atoms. The Morgan fingerprint density at radius 3 is 1.80 bits per heavy atom. The first-order chi connectivity index (χ1) is 22.8. The molecular formula is C42H27N3S. The molecule has 0 spiro atoms. The molecule has 0 N–H and O–H groups in total. The summed E-state index contributed by atoms with van der Waals surface area (Å²) in [5.41, 5.74) is 9.61. The van der Waals surface area contributed by atoms with E-state index in [0.717, 1.165) is 44.1 Å². The zero-order valence-corrected chi connectivity index (χ0v) is 25.7. The average molecular weight is 606 g/mol. The zero-order valence-electron chi connectivity index (χ0n) is 24.8. The Morgan fingerprint density at radius 1 is 0.457 bits per heavy atom. The summed E-state index contributed by atoms with van der Waals surface area (Å²) < 4.78 is 3.60. The minimum atomic E-state index is 0.703. The molecule has 3 aromatic heterocycles. The predicted octanol–water partition coefficient (Wildman–Crippen LogP) is 11.5. The number of nitrogens with zero attached hydrogens (tertiary/aromatic N) is 3. The minimum absolute atomic E-state index is 0.703. The van der Waals surface area contributed by atoms with Gasteiger partial charge in [-0.1, -0.05) is 121 Å². The number of rotatable bonds is 5. The zero-order chi connectivity index (χ0) is 30.5. The maximum atomic E-state index is 5.28. The van der Waals surface area contributed by atoms with E-state index < -0.39 is 0 Å². The average Bonchev–Trinajstić information content (AvgIpc) is 3.72. The molecule has 216 valence electrons. The van der Waals surface area contributed by atoms with E-state index in [9.17, 15) is 0 Å². The quantitative estimate of drug-likeness (QED) is 0.195. The topological polar surface area (TPSA) is 30.7 Å². The first kappa shape index (κ1) is 26.6. The van der Waals surface area contributed by atoms with Crippen LogP contribution in [0.1, 0.15) is 0 Å². The maximum Gasteiger partial charge on any atom is 0.162 e. The van der Waals surface area contributed by atoms with E-state index in [-0.39, 0.29) is 0 Å². The molecule has 0 amide bonds. The Kier molecular flexibility index (Phi) is 6.32. The number of hydrogen-bond acceptors (Lipinski definition) is 3. The molecule has 0 atom stereocenters. The van der Waals surface area contributed by atoms with Crippen molar-refractivity contribution in [3.05, 3.63) is 164 Å². The van der Waals surface area contributed by atoms with Crippen LogP contribution in [0.15, 0.2) is 164 Å². The van der Waals surface area contributed by atoms with Gasteiger partial charge in [0.05, 0.1) is 33.0 Å². The van der Waals surface area contributed by atoms with Gasteiger partial charge in [0.15, 0.2) is 5.82 Å². The van der Waals surface area contributed by atoms with E-state index in [1.54, 1.807) is 11.3 Å². The first-order valence-corrected chi connectivity index (χ1v) is 16.2. The smallest absolute Gasteiger partial charge is 0.162 e. The van der Waals surface area contributed by atoms with Crippen molar-refractivity contribution in [1.82, 2.24) is 14.5 Å². The molecule has 0 unspecified atom stereocenters. The predicted molar refractivity (Wildman–Crippen MR) is 193 cm³/mol. The Bertz CT molecular complexity index is 2440. The van der Waals surface area contributed by atoms with Crippen LogP contribution in [0.3, 0.4) is 0 Å². The van der Waals surface area contributed by atoms with E-state index in [4.69, 9.17) is 9.97 Å². The molecule has 0 saturated heterocycles.